The molecule has 80 valence electrons. The summed E-state index contributed by atoms with van der Waals surface area (Å²) in [5, 5.41) is 0. The van der Waals surface area contributed by atoms with Crippen molar-refractivity contribution in [1.82, 2.24) is 4.90 Å². The molecule has 0 aromatic heterocycles. The maximum Gasteiger partial charge on any atom is 0.341 e. The molecule has 0 aliphatic heterocycles. The van der Waals surface area contributed by atoms with E-state index in [1.807, 2.05) is 25.2 Å². The molecular weight excluding hydrogens is 194 g/mol. The molecule has 0 spiro atoms. The Morgan fingerprint density at radius 3 is 2.60 bits per heavy atom. The molecule has 1 aliphatic carbocycles. The largest absolute Gasteiger partial charge is 0.465 e. The highest BCUT2D eigenvalue weighted by atomic mass is 16.5. The summed E-state index contributed by atoms with van der Waals surface area (Å²) in [4.78, 5) is 24.4. The van der Waals surface area contributed by atoms with Gasteiger partial charge >= 0.3 is 5.97 Å². The van der Waals surface area contributed by atoms with Gasteiger partial charge in [-0.2, -0.15) is 0 Å². The summed E-state index contributed by atoms with van der Waals surface area (Å²) >= 11 is 0. The number of carbonyl (C=O) groups is 2. The first-order valence-corrected chi connectivity index (χ1v) is 4.45. The van der Waals surface area contributed by atoms with Gasteiger partial charge in [0.15, 0.2) is 5.78 Å². The SMILES string of the molecule is COC(=O)C1=C/C(=C\N(C)C)C=CC1=O. The normalized spacial score (nSPS) is 17.7. The number of allylic oxidation sites excluding steroid dienone is 4. The summed E-state index contributed by atoms with van der Waals surface area (Å²) < 4.78 is 4.51. The lowest BCUT2D eigenvalue weighted by atomic mass is 10.0. The third kappa shape index (κ3) is 2.80. The van der Waals surface area contributed by atoms with E-state index in [1.165, 1.54) is 19.3 Å². The molecule has 0 fully saturated rings. The molecule has 0 unspecified atom stereocenters. The van der Waals surface area contributed by atoms with E-state index in [-0.39, 0.29) is 11.4 Å². The van der Waals surface area contributed by atoms with E-state index in [1.54, 1.807) is 6.08 Å². The molecule has 15 heavy (non-hydrogen) atoms. The minimum absolute atomic E-state index is 0.0631. The van der Waals surface area contributed by atoms with Crippen molar-refractivity contribution in [3.05, 3.63) is 35.6 Å². The number of ketones is 1. The first kappa shape index (κ1) is 11.2. The van der Waals surface area contributed by atoms with Gasteiger partial charge in [0.25, 0.3) is 0 Å². The van der Waals surface area contributed by atoms with Crippen LogP contribution in [0.3, 0.4) is 0 Å². The number of nitrogens with zero attached hydrogens (tertiary/aromatic N) is 1. The maximum atomic E-state index is 11.3. The fourth-order valence-electron chi connectivity index (χ4n) is 1.20. The molecule has 1 rings (SSSR count). The molecule has 1 aliphatic rings. The van der Waals surface area contributed by atoms with Gasteiger partial charge in [-0.1, -0.05) is 0 Å². The molecular formula is C11H13NO3. The zero-order valence-corrected chi connectivity index (χ0v) is 8.98. The smallest absolute Gasteiger partial charge is 0.341 e. The van der Waals surface area contributed by atoms with Crippen LogP contribution in [0.4, 0.5) is 0 Å². The van der Waals surface area contributed by atoms with E-state index in [2.05, 4.69) is 4.74 Å². The molecule has 4 nitrogen and oxygen atoms in total. The molecule has 0 amide bonds. The van der Waals surface area contributed by atoms with Crippen molar-refractivity contribution in [2.45, 2.75) is 0 Å². The van der Waals surface area contributed by atoms with Crippen molar-refractivity contribution < 1.29 is 14.3 Å². The van der Waals surface area contributed by atoms with Crippen LogP contribution in [0.1, 0.15) is 0 Å². The Morgan fingerprint density at radius 1 is 1.40 bits per heavy atom. The molecule has 0 bridgehead atoms. The van der Waals surface area contributed by atoms with Gasteiger partial charge < -0.3 is 9.64 Å². The number of methoxy groups -OCH3 is 1. The van der Waals surface area contributed by atoms with Crippen molar-refractivity contribution in [3.63, 3.8) is 0 Å². The summed E-state index contributed by atoms with van der Waals surface area (Å²) in [6.45, 7) is 0. The van der Waals surface area contributed by atoms with Gasteiger partial charge in [0.2, 0.25) is 0 Å². The van der Waals surface area contributed by atoms with Crippen LogP contribution in [0.5, 0.6) is 0 Å². The van der Waals surface area contributed by atoms with Crippen LogP contribution in [-0.4, -0.2) is 37.9 Å². The zero-order valence-electron chi connectivity index (χ0n) is 8.98. The number of ether oxygens (including phenoxy) is 1. The van der Waals surface area contributed by atoms with Crippen molar-refractivity contribution in [3.8, 4) is 0 Å². The van der Waals surface area contributed by atoms with Crippen molar-refractivity contribution in [2.24, 2.45) is 0 Å². The Kier molecular flexibility index (Phi) is 3.44. The predicted molar refractivity (Wildman–Crippen MR) is 56.0 cm³/mol. The van der Waals surface area contributed by atoms with E-state index in [0.717, 1.165) is 5.57 Å². The van der Waals surface area contributed by atoms with E-state index >= 15 is 0 Å². The van der Waals surface area contributed by atoms with Gasteiger partial charge in [0.1, 0.15) is 5.57 Å². The Balaban J connectivity index is 3.00. The average Bonchev–Trinajstić information content (AvgIpc) is 2.19. The zero-order chi connectivity index (χ0) is 11.4. The lowest BCUT2D eigenvalue weighted by molar-refractivity contribution is -0.137. The molecule has 0 heterocycles. The lowest BCUT2D eigenvalue weighted by Gasteiger charge is -2.10. The minimum Gasteiger partial charge on any atom is -0.465 e. The Labute approximate surface area is 88.5 Å². The van der Waals surface area contributed by atoms with Crippen LogP contribution in [-0.2, 0) is 14.3 Å². The molecule has 0 atom stereocenters. The monoisotopic (exact) mass is 207 g/mol. The number of rotatable bonds is 2. The Bertz CT molecular complexity index is 375. The van der Waals surface area contributed by atoms with Gasteiger partial charge in [-0.3, -0.25) is 4.79 Å². The summed E-state index contributed by atoms with van der Waals surface area (Å²) in [6.07, 6.45) is 6.36. The second-order valence-corrected chi connectivity index (χ2v) is 3.34. The first-order valence-electron chi connectivity index (χ1n) is 4.45. The predicted octanol–water partition coefficient (Wildman–Crippen LogP) is 0.670. The van der Waals surface area contributed by atoms with Crippen LogP contribution in [0.2, 0.25) is 0 Å². The molecule has 0 aromatic carbocycles. The third-order valence-corrected chi connectivity index (χ3v) is 1.82. The van der Waals surface area contributed by atoms with E-state index < -0.39 is 5.97 Å². The summed E-state index contributed by atoms with van der Waals surface area (Å²) in [6, 6.07) is 0. The van der Waals surface area contributed by atoms with Crippen LogP contribution in [0.25, 0.3) is 0 Å². The molecule has 0 saturated carbocycles. The van der Waals surface area contributed by atoms with Crippen LogP contribution < -0.4 is 0 Å². The second kappa shape index (κ2) is 4.59. The highest BCUT2D eigenvalue weighted by molar-refractivity contribution is 6.23. The molecule has 0 aromatic rings. The second-order valence-electron chi connectivity index (χ2n) is 3.34. The number of carbonyl (C=O) groups excluding carboxylic acids is 2. The Morgan fingerprint density at radius 2 is 2.07 bits per heavy atom. The lowest BCUT2D eigenvalue weighted by Crippen LogP contribution is -2.15. The van der Waals surface area contributed by atoms with Gasteiger partial charge in [0.05, 0.1) is 7.11 Å². The number of esters is 1. The van der Waals surface area contributed by atoms with E-state index in [9.17, 15) is 9.59 Å². The molecule has 4 heteroatoms. The molecule has 0 N–H and O–H groups in total. The van der Waals surface area contributed by atoms with Gasteiger partial charge in [0, 0.05) is 20.3 Å². The summed E-state index contributed by atoms with van der Waals surface area (Å²) in [5.41, 5.74) is 0.855. The summed E-state index contributed by atoms with van der Waals surface area (Å²) in [7, 11) is 4.98. The molecule has 0 saturated heterocycles. The van der Waals surface area contributed by atoms with Gasteiger partial charge in [-0.15, -0.1) is 0 Å². The summed E-state index contributed by atoms with van der Waals surface area (Å²) in [5.74, 6) is -0.924. The van der Waals surface area contributed by atoms with Crippen LogP contribution >= 0.6 is 0 Å². The maximum absolute atomic E-state index is 11.3. The quantitative estimate of drug-likeness (QED) is 0.493. The topological polar surface area (TPSA) is 46.6 Å². The minimum atomic E-state index is -0.603. The fraction of sp³-hybridized carbons (Fsp3) is 0.273. The van der Waals surface area contributed by atoms with Crippen molar-refractivity contribution >= 4 is 11.8 Å². The third-order valence-electron chi connectivity index (χ3n) is 1.82. The van der Waals surface area contributed by atoms with Crippen LogP contribution in [0.15, 0.2) is 35.6 Å². The first-order chi connectivity index (χ1) is 7.04. The van der Waals surface area contributed by atoms with Crippen LogP contribution in [0, 0.1) is 0 Å². The highest BCUT2D eigenvalue weighted by Gasteiger charge is 2.19. The number of hydrogen-bond donors (Lipinski definition) is 0. The highest BCUT2D eigenvalue weighted by Crippen LogP contribution is 2.14. The van der Waals surface area contributed by atoms with Crippen molar-refractivity contribution in [2.75, 3.05) is 21.2 Å². The molecule has 0 radical (unpaired) electrons. The standard InChI is InChI=1S/C11H13NO3/c1-12(2)7-8-4-5-10(13)9(6-8)11(14)15-3/h4-7H,1-3H3/b8-7-. The van der Waals surface area contributed by atoms with Gasteiger partial charge in [-0.05, 0) is 23.8 Å². The van der Waals surface area contributed by atoms with Gasteiger partial charge in [-0.25, -0.2) is 4.79 Å². The van der Waals surface area contributed by atoms with Crippen molar-refractivity contribution in [1.29, 1.82) is 0 Å². The number of hydrogen-bond acceptors (Lipinski definition) is 4. The Hall–Kier alpha value is -1.84. The van der Waals surface area contributed by atoms with E-state index in [4.69, 9.17) is 0 Å². The fourth-order valence-corrected chi connectivity index (χ4v) is 1.20. The van der Waals surface area contributed by atoms with E-state index in [0.29, 0.717) is 0 Å². The average molecular weight is 207 g/mol.